The summed E-state index contributed by atoms with van der Waals surface area (Å²) in [5.41, 5.74) is 5.51. The van der Waals surface area contributed by atoms with Gasteiger partial charge in [-0.1, -0.05) is 42.5 Å². The lowest BCUT2D eigenvalue weighted by Gasteiger charge is -1.92. The number of hydrogen-bond donors (Lipinski definition) is 2. The van der Waals surface area contributed by atoms with Gasteiger partial charge in [0, 0.05) is 12.2 Å². The number of allylic oxidation sites excluding steroid dienone is 1. The van der Waals surface area contributed by atoms with Gasteiger partial charge < -0.3 is 10.8 Å². The summed E-state index contributed by atoms with van der Waals surface area (Å²) in [6.45, 7) is 1.82. The number of primary amides is 1. The first-order valence-corrected chi connectivity index (χ1v) is 5.26. The van der Waals surface area contributed by atoms with Gasteiger partial charge in [0.15, 0.2) is 0 Å². The number of carbonyl (C=O) groups is 1. The molecule has 0 fully saturated rings. The molecular weight excluding hydrogens is 202 g/mol. The second-order valence-corrected chi connectivity index (χ2v) is 3.27. The van der Waals surface area contributed by atoms with Crippen LogP contribution in [0.25, 0.3) is 0 Å². The lowest BCUT2D eigenvalue weighted by atomic mass is 10.2. The van der Waals surface area contributed by atoms with Crippen molar-refractivity contribution in [1.82, 2.24) is 0 Å². The number of rotatable bonds is 4. The average Bonchev–Trinajstić information content (AvgIpc) is 2.32. The van der Waals surface area contributed by atoms with E-state index in [-0.39, 0.29) is 6.61 Å². The molecule has 0 aliphatic carbocycles. The first-order valence-electron chi connectivity index (χ1n) is 5.26. The van der Waals surface area contributed by atoms with E-state index in [9.17, 15) is 4.79 Å². The van der Waals surface area contributed by atoms with Crippen molar-refractivity contribution in [3.8, 4) is 0 Å². The number of unbranched alkanes of at least 4 members (excludes halogenated alkanes) is 1. The van der Waals surface area contributed by atoms with Crippen LogP contribution >= 0.6 is 0 Å². The van der Waals surface area contributed by atoms with Crippen molar-refractivity contribution in [3.05, 3.63) is 48.0 Å². The Kier molecular flexibility index (Phi) is 8.93. The highest BCUT2D eigenvalue weighted by Gasteiger charge is 1.93. The number of benzene rings is 1. The van der Waals surface area contributed by atoms with Gasteiger partial charge in [-0.05, 0) is 19.8 Å². The van der Waals surface area contributed by atoms with E-state index in [1.807, 2.05) is 36.4 Å². The van der Waals surface area contributed by atoms with E-state index in [0.717, 1.165) is 0 Å². The van der Waals surface area contributed by atoms with Gasteiger partial charge in [-0.15, -0.1) is 0 Å². The van der Waals surface area contributed by atoms with Crippen LogP contribution in [0.3, 0.4) is 0 Å². The Morgan fingerprint density at radius 3 is 1.94 bits per heavy atom. The number of nitrogens with two attached hydrogens (primary N) is 1. The molecule has 3 N–H and O–H groups in total. The molecule has 16 heavy (non-hydrogen) atoms. The Hall–Kier alpha value is -1.61. The Morgan fingerprint density at radius 2 is 1.62 bits per heavy atom. The molecule has 0 spiro atoms. The second kappa shape index (κ2) is 9.93. The molecule has 1 rings (SSSR count). The van der Waals surface area contributed by atoms with Crippen molar-refractivity contribution in [3.63, 3.8) is 0 Å². The predicted molar refractivity (Wildman–Crippen MR) is 65.7 cm³/mol. The first-order chi connectivity index (χ1) is 7.68. The maximum atomic E-state index is 10.4. The van der Waals surface area contributed by atoms with Gasteiger partial charge in [0.2, 0.25) is 5.91 Å². The molecule has 0 aliphatic heterocycles. The topological polar surface area (TPSA) is 63.3 Å². The van der Waals surface area contributed by atoms with Crippen LogP contribution in [0.15, 0.2) is 48.0 Å². The van der Waals surface area contributed by atoms with E-state index < -0.39 is 5.91 Å². The summed E-state index contributed by atoms with van der Waals surface area (Å²) < 4.78 is 0. The summed E-state index contributed by atoms with van der Waals surface area (Å²) in [7, 11) is 0. The maximum Gasteiger partial charge on any atom is 0.244 e. The molecule has 0 saturated heterocycles. The van der Waals surface area contributed by atoms with Crippen molar-refractivity contribution in [1.29, 1.82) is 0 Å². The highest BCUT2D eigenvalue weighted by Crippen LogP contribution is 1.96. The van der Waals surface area contributed by atoms with E-state index in [1.165, 1.54) is 0 Å². The minimum absolute atomic E-state index is 0.155. The third-order valence-electron chi connectivity index (χ3n) is 1.87. The molecule has 0 saturated carbocycles. The third kappa shape index (κ3) is 8.97. The molecule has 0 radical (unpaired) electrons. The van der Waals surface area contributed by atoms with Gasteiger partial charge in [0.05, 0.1) is 0 Å². The van der Waals surface area contributed by atoms with Gasteiger partial charge in [-0.25, -0.2) is 0 Å². The summed E-state index contributed by atoms with van der Waals surface area (Å²) in [5.74, 6) is -0.391. The largest absolute Gasteiger partial charge is 0.396 e. The lowest BCUT2D eigenvalue weighted by molar-refractivity contribution is -0.114. The average molecular weight is 221 g/mol. The number of carbonyl (C=O) groups excluding carboxylic acids is 1. The Labute approximate surface area is 96.6 Å². The van der Waals surface area contributed by atoms with E-state index in [0.29, 0.717) is 18.4 Å². The van der Waals surface area contributed by atoms with Crippen LogP contribution in [0.2, 0.25) is 0 Å². The Balaban J connectivity index is 0.000000315. The summed E-state index contributed by atoms with van der Waals surface area (Å²) in [6, 6.07) is 12.0. The van der Waals surface area contributed by atoms with Crippen LogP contribution in [0.5, 0.6) is 0 Å². The molecule has 0 aliphatic rings. The van der Waals surface area contributed by atoms with E-state index >= 15 is 0 Å². The number of hydrogen-bond acceptors (Lipinski definition) is 2. The van der Waals surface area contributed by atoms with Crippen LogP contribution < -0.4 is 5.73 Å². The number of aliphatic hydroxyl groups is 1. The van der Waals surface area contributed by atoms with Gasteiger partial charge in [0.1, 0.15) is 0 Å². The molecule has 0 bridgehead atoms. The fraction of sp³-hybridized carbons (Fsp3) is 0.308. The first kappa shape index (κ1) is 14.4. The van der Waals surface area contributed by atoms with Crippen LogP contribution in [0.4, 0.5) is 0 Å². The van der Waals surface area contributed by atoms with E-state index in [1.54, 1.807) is 13.0 Å². The SMILES string of the molecule is CC(=CCCCO)C(N)=O.c1ccccc1. The molecule has 0 unspecified atom stereocenters. The minimum Gasteiger partial charge on any atom is -0.396 e. The highest BCUT2D eigenvalue weighted by atomic mass is 16.2. The van der Waals surface area contributed by atoms with E-state index in [2.05, 4.69) is 0 Å². The van der Waals surface area contributed by atoms with Gasteiger partial charge in [-0.2, -0.15) is 0 Å². The summed E-state index contributed by atoms with van der Waals surface area (Å²) in [6.07, 6.45) is 3.13. The smallest absolute Gasteiger partial charge is 0.244 e. The lowest BCUT2D eigenvalue weighted by Crippen LogP contribution is -2.11. The molecule has 0 heterocycles. The van der Waals surface area contributed by atoms with Crippen LogP contribution in [-0.4, -0.2) is 17.6 Å². The van der Waals surface area contributed by atoms with Crippen molar-refractivity contribution in [2.75, 3.05) is 6.61 Å². The van der Waals surface area contributed by atoms with Gasteiger partial charge in [0.25, 0.3) is 0 Å². The fourth-order valence-corrected chi connectivity index (χ4v) is 0.895. The summed E-state index contributed by atoms with van der Waals surface area (Å²) in [4.78, 5) is 10.4. The summed E-state index contributed by atoms with van der Waals surface area (Å²) >= 11 is 0. The van der Waals surface area contributed by atoms with E-state index in [4.69, 9.17) is 10.8 Å². The van der Waals surface area contributed by atoms with Crippen LogP contribution in [0.1, 0.15) is 19.8 Å². The van der Waals surface area contributed by atoms with Crippen molar-refractivity contribution < 1.29 is 9.90 Å². The molecule has 0 aromatic heterocycles. The molecule has 3 nitrogen and oxygen atoms in total. The number of amides is 1. The normalized spacial score (nSPS) is 10.2. The Bertz CT molecular complexity index is 280. The summed E-state index contributed by atoms with van der Waals surface area (Å²) in [5, 5.41) is 8.37. The predicted octanol–water partition coefficient (Wildman–Crippen LogP) is 1.88. The molecule has 1 amide bonds. The molecular formula is C13H19NO2. The Morgan fingerprint density at radius 1 is 1.19 bits per heavy atom. The quantitative estimate of drug-likeness (QED) is 0.602. The van der Waals surface area contributed by atoms with Gasteiger partial charge in [-0.3, -0.25) is 4.79 Å². The van der Waals surface area contributed by atoms with Crippen LogP contribution in [-0.2, 0) is 4.79 Å². The zero-order valence-corrected chi connectivity index (χ0v) is 9.60. The standard InChI is InChI=1S/C7H13NO2.C6H6/c1-6(7(8)10)4-2-3-5-9;1-2-4-6-5-3-1/h4,9H,2-3,5H2,1H3,(H2,8,10);1-6H. The molecule has 0 atom stereocenters. The molecule has 1 aromatic carbocycles. The molecule has 1 aromatic rings. The van der Waals surface area contributed by atoms with Crippen molar-refractivity contribution >= 4 is 5.91 Å². The maximum absolute atomic E-state index is 10.4. The molecule has 3 heteroatoms. The highest BCUT2D eigenvalue weighted by molar-refractivity contribution is 5.91. The second-order valence-electron chi connectivity index (χ2n) is 3.27. The minimum atomic E-state index is -0.391. The van der Waals surface area contributed by atoms with Crippen molar-refractivity contribution in [2.24, 2.45) is 5.73 Å². The van der Waals surface area contributed by atoms with Gasteiger partial charge >= 0.3 is 0 Å². The number of aliphatic hydroxyl groups excluding tert-OH is 1. The zero-order chi connectivity index (χ0) is 12.2. The molecule has 88 valence electrons. The third-order valence-corrected chi connectivity index (χ3v) is 1.87. The van der Waals surface area contributed by atoms with Crippen LogP contribution in [0, 0.1) is 0 Å². The zero-order valence-electron chi connectivity index (χ0n) is 9.60. The monoisotopic (exact) mass is 221 g/mol. The van der Waals surface area contributed by atoms with Crippen molar-refractivity contribution in [2.45, 2.75) is 19.8 Å². The fourth-order valence-electron chi connectivity index (χ4n) is 0.895.